The van der Waals surface area contributed by atoms with Gasteiger partial charge in [-0.25, -0.2) is 4.98 Å². The molecular formula is C14H15N3O. The minimum Gasteiger partial charge on any atom is -0.381 e. The first-order chi connectivity index (χ1) is 8.79. The van der Waals surface area contributed by atoms with Gasteiger partial charge in [0.1, 0.15) is 5.82 Å². The van der Waals surface area contributed by atoms with E-state index in [0.717, 1.165) is 42.9 Å². The van der Waals surface area contributed by atoms with Gasteiger partial charge in [0, 0.05) is 19.6 Å². The number of hydrogen-bond acceptors (Lipinski definition) is 3. The minimum absolute atomic E-state index is 0.377. The molecule has 1 aliphatic heterocycles. The number of aromatic nitrogens is 2. The molecule has 1 unspecified atom stereocenters. The Hall–Kier alpha value is -1.86. The molecule has 0 N–H and O–H groups in total. The van der Waals surface area contributed by atoms with Crippen LogP contribution in [-0.2, 0) is 11.8 Å². The Balaban J connectivity index is 2.08. The van der Waals surface area contributed by atoms with Crippen LogP contribution < -0.4 is 0 Å². The summed E-state index contributed by atoms with van der Waals surface area (Å²) >= 11 is 0. The molecule has 4 heteroatoms. The SMILES string of the molecule is Cn1c(C2CCCOC2)nc2ccc(C#N)cc21. The van der Waals surface area contributed by atoms with Crippen LogP contribution in [-0.4, -0.2) is 22.8 Å². The van der Waals surface area contributed by atoms with E-state index in [1.165, 1.54) is 0 Å². The molecule has 0 radical (unpaired) electrons. The molecule has 4 nitrogen and oxygen atoms in total. The van der Waals surface area contributed by atoms with Crippen molar-refractivity contribution in [1.29, 1.82) is 5.26 Å². The molecule has 1 atom stereocenters. The third kappa shape index (κ3) is 1.77. The fraction of sp³-hybridized carbons (Fsp3) is 0.429. The van der Waals surface area contributed by atoms with Gasteiger partial charge in [-0.15, -0.1) is 0 Å². The molecule has 0 saturated carbocycles. The second kappa shape index (κ2) is 4.43. The summed E-state index contributed by atoms with van der Waals surface area (Å²) in [6, 6.07) is 7.80. The van der Waals surface area contributed by atoms with E-state index in [0.29, 0.717) is 11.5 Å². The maximum absolute atomic E-state index is 8.94. The van der Waals surface area contributed by atoms with E-state index >= 15 is 0 Å². The summed E-state index contributed by atoms with van der Waals surface area (Å²) in [4.78, 5) is 4.68. The molecule has 1 fully saturated rings. The second-order valence-corrected chi connectivity index (χ2v) is 4.76. The predicted molar refractivity (Wildman–Crippen MR) is 68.2 cm³/mol. The number of nitrogens with zero attached hydrogens (tertiary/aromatic N) is 3. The number of hydrogen-bond donors (Lipinski definition) is 0. The maximum Gasteiger partial charge on any atom is 0.115 e. The summed E-state index contributed by atoms with van der Waals surface area (Å²) in [7, 11) is 2.01. The smallest absolute Gasteiger partial charge is 0.115 e. The molecule has 92 valence electrons. The van der Waals surface area contributed by atoms with E-state index in [1.807, 2.05) is 25.2 Å². The Morgan fingerprint density at radius 2 is 2.39 bits per heavy atom. The highest BCUT2D eigenvalue weighted by molar-refractivity contribution is 5.77. The molecule has 1 saturated heterocycles. The average molecular weight is 241 g/mol. The number of rotatable bonds is 1. The highest BCUT2D eigenvalue weighted by atomic mass is 16.5. The van der Waals surface area contributed by atoms with Crippen LogP contribution in [0, 0.1) is 11.3 Å². The predicted octanol–water partition coefficient (Wildman–Crippen LogP) is 2.34. The first-order valence-electron chi connectivity index (χ1n) is 6.24. The summed E-state index contributed by atoms with van der Waals surface area (Å²) < 4.78 is 7.62. The lowest BCUT2D eigenvalue weighted by Crippen LogP contribution is -2.18. The zero-order valence-electron chi connectivity index (χ0n) is 10.4. The summed E-state index contributed by atoms with van der Waals surface area (Å²) in [5.41, 5.74) is 2.66. The minimum atomic E-state index is 0.377. The average Bonchev–Trinajstić information content (AvgIpc) is 2.77. The molecule has 1 aliphatic rings. The van der Waals surface area contributed by atoms with Crippen LogP contribution in [0.1, 0.15) is 30.1 Å². The number of ether oxygens (including phenoxy) is 1. The molecule has 2 heterocycles. The van der Waals surface area contributed by atoms with E-state index in [4.69, 9.17) is 10.00 Å². The summed E-state index contributed by atoms with van der Waals surface area (Å²) in [6.45, 7) is 1.61. The normalized spacial score (nSPS) is 19.9. The zero-order chi connectivity index (χ0) is 12.5. The van der Waals surface area contributed by atoms with Gasteiger partial charge in [-0.3, -0.25) is 0 Å². The number of imidazole rings is 1. The highest BCUT2D eigenvalue weighted by Crippen LogP contribution is 2.27. The van der Waals surface area contributed by atoms with Crippen LogP contribution in [0.15, 0.2) is 18.2 Å². The van der Waals surface area contributed by atoms with Gasteiger partial charge in [0.05, 0.1) is 29.3 Å². The van der Waals surface area contributed by atoms with E-state index in [-0.39, 0.29) is 0 Å². The largest absolute Gasteiger partial charge is 0.381 e. The number of fused-ring (bicyclic) bond motifs is 1. The van der Waals surface area contributed by atoms with Gasteiger partial charge in [-0.2, -0.15) is 5.26 Å². The van der Waals surface area contributed by atoms with Crippen LogP contribution in [0.25, 0.3) is 11.0 Å². The molecule has 0 amide bonds. The van der Waals surface area contributed by atoms with Gasteiger partial charge >= 0.3 is 0 Å². The van der Waals surface area contributed by atoms with Crippen molar-refractivity contribution in [2.75, 3.05) is 13.2 Å². The van der Waals surface area contributed by atoms with Crippen LogP contribution in [0.3, 0.4) is 0 Å². The number of nitriles is 1. The van der Waals surface area contributed by atoms with Gasteiger partial charge in [0.25, 0.3) is 0 Å². The molecule has 0 bridgehead atoms. The Labute approximate surface area is 106 Å². The van der Waals surface area contributed by atoms with Crippen LogP contribution in [0.5, 0.6) is 0 Å². The topological polar surface area (TPSA) is 50.8 Å². The van der Waals surface area contributed by atoms with Crippen molar-refractivity contribution in [3.8, 4) is 6.07 Å². The van der Waals surface area contributed by atoms with Crippen molar-refractivity contribution in [3.63, 3.8) is 0 Å². The van der Waals surface area contributed by atoms with Gasteiger partial charge in [-0.05, 0) is 31.0 Å². The van der Waals surface area contributed by atoms with Crippen molar-refractivity contribution >= 4 is 11.0 Å². The fourth-order valence-corrected chi connectivity index (χ4v) is 2.59. The van der Waals surface area contributed by atoms with E-state index in [9.17, 15) is 0 Å². The highest BCUT2D eigenvalue weighted by Gasteiger charge is 2.21. The molecular weight excluding hydrogens is 226 g/mol. The Morgan fingerprint density at radius 3 is 3.11 bits per heavy atom. The molecule has 0 spiro atoms. The van der Waals surface area contributed by atoms with Crippen LogP contribution in [0.2, 0.25) is 0 Å². The third-order valence-corrected chi connectivity index (χ3v) is 3.57. The third-order valence-electron chi connectivity index (χ3n) is 3.57. The zero-order valence-corrected chi connectivity index (χ0v) is 10.4. The van der Waals surface area contributed by atoms with Gasteiger partial charge in [0.2, 0.25) is 0 Å². The lowest BCUT2D eigenvalue weighted by Gasteiger charge is -2.21. The standard InChI is InChI=1S/C14H15N3O/c1-17-13-7-10(8-15)4-5-12(13)16-14(17)11-3-2-6-18-9-11/h4-5,7,11H,2-3,6,9H2,1H3. The Morgan fingerprint density at radius 1 is 1.50 bits per heavy atom. The number of benzene rings is 1. The summed E-state index contributed by atoms with van der Waals surface area (Å²) in [6.07, 6.45) is 2.22. The first-order valence-corrected chi connectivity index (χ1v) is 6.24. The monoisotopic (exact) mass is 241 g/mol. The molecule has 1 aromatic heterocycles. The van der Waals surface area contributed by atoms with E-state index in [2.05, 4.69) is 15.6 Å². The van der Waals surface area contributed by atoms with Gasteiger partial charge < -0.3 is 9.30 Å². The molecule has 0 aliphatic carbocycles. The quantitative estimate of drug-likeness (QED) is 0.770. The second-order valence-electron chi connectivity index (χ2n) is 4.76. The summed E-state index contributed by atoms with van der Waals surface area (Å²) in [5.74, 6) is 1.45. The van der Waals surface area contributed by atoms with Crippen LogP contribution in [0.4, 0.5) is 0 Å². The van der Waals surface area contributed by atoms with Crippen molar-refractivity contribution < 1.29 is 4.74 Å². The van der Waals surface area contributed by atoms with Crippen molar-refractivity contribution in [3.05, 3.63) is 29.6 Å². The maximum atomic E-state index is 8.94. The van der Waals surface area contributed by atoms with Crippen molar-refractivity contribution in [2.24, 2.45) is 7.05 Å². The molecule has 1 aromatic carbocycles. The number of aryl methyl sites for hydroxylation is 1. The van der Waals surface area contributed by atoms with E-state index in [1.54, 1.807) is 0 Å². The van der Waals surface area contributed by atoms with Crippen molar-refractivity contribution in [2.45, 2.75) is 18.8 Å². The summed E-state index contributed by atoms with van der Waals surface area (Å²) in [5, 5.41) is 8.94. The van der Waals surface area contributed by atoms with Gasteiger partial charge in [-0.1, -0.05) is 0 Å². The lowest BCUT2D eigenvalue weighted by atomic mass is 10.0. The Bertz CT molecular complexity index is 618. The lowest BCUT2D eigenvalue weighted by molar-refractivity contribution is 0.0774. The fourth-order valence-electron chi connectivity index (χ4n) is 2.59. The molecule has 18 heavy (non-hydrogen) atoms. The van der Waals surface area contributed by atoms with Gasteiger partial charge in [0.15, 0.2) is 0 Å². The molecule has 3 rings (SSSR count). The Kier molecular flexibility index (Phi) is 2.77. The molecule has 2 aromatic rings. The van der Waals surface area contributed by atoms with E-state index < -0.39 is 0 Å². The van der Waals surface area contributed by atoms with Crippen molar-refractivity contribution in [1.82, 2.24) is 9.55 Å². The first kappa shape index (κ1) is 11.2. The van der Waals surface area contributed by atoms with Crippen LogP contribution >= 0.6 is 0 Å².